The van der Waals surface area contributed by atoms with Gasteiger partial charge >= 0.3 is 44.4 Å². The summed E-state index contributed by atoms with van der Waals surface area (Å²) in [7, 11) is 0. The Morgan fingerprint density at radius 1 is 0.722 bits per heavy atom. The zero-order valence-corrected chi connectivity index (χ0v) is 12.1. The third kappa shape index (κ3) is 2.60. The number of benzene rings is 1. The van der Waals surface area contributed by atoms with Gasteiger partial charge in [-0.1, -0.05) is 6.07 Å². The fourth-order valence-corrected chi connectivity index (χ4v) is 1.13. The van der Waals surface area contributed by atoms with E-state index in [0.29, 0.717) is 0 Å². The molecule has 0 aliphatic rings. The van der Waals surface area contributed by atoms with E-state index in [2.05, 4.69) is 0 Å². The van der Waals surface area contributed by atoms with E-state index in [9.17, 15) is 40.6 Å². The molecule has 92 valence electrons. The third-order valence-corrected chi connectivity index (χ3v) is 1.73. The summed E-state index contributed by atoms with van der Waals surface area (Å²) in [4.78, 5) is 26.9. The normalized spacial score (nSPS) is 9.33. The second-order valence-corrected chi connectivity index (χ2v) is 2.69. The molecule has 0 atom stereocenters. The molecule has 11 nitrogen and oxygen atoms in total. The summed E-state index contributed by atoms with van der Waals surface area (Å²) in [5.41, 5.74) is -4.89. The van der Waals surface area contributed by atoms with Crippen LogP contribution in [-0.2, 0) is 0 Å². The van der Waals surface area contributed by atoms with Crippen LogP contribution < -0.4 is 10.2 Å². The molecule has 0 unspecified atom stereocenters. The molecule has 0 spiro atoms. The van der Waals surface area contributed by atoms with Crippen LogP contribution in [-0.4, -0.2) is 42.1 Å². The molecule has 0 heterocycles. The number of nitro groups is 3. The van der Waals surface area contributed by atoms with Crippen molar-refractivity contribution in [1.29, 1.82) is 0 Å². The largest absolute Gasteiger partial charge is 2.00 e. The monoisotopic (exact) mass is 451 g/mol. The second-order valence-electron chi connectivity index (χ2n) is 2.69. The van der Waals surface area contributed by atoms with E-state index in [1.165, 1.54) is 0 Å². The van der Waals surface area contributed by atoms with Gasteiger partial charge < -0.3 is 10.2 Å². The smallest absolute Gasteiger partial charge is 0.868 e. The van der Waals surface area contributed by atoms with E-state index in [0.717, 1.165) is 0 Å². The average Bonchev–Trinajstić information content (AvgIpc) is 2.14. The fourth-order valence-electron chi connectivity index (χ4n) is 1.13. The first-order chi connectivity index (χ1) is 7.77. The minimum Gasteiger partial charge on any atom is -0.868 e. The molecule has 0 aliphatic heterocycles. The molecule has 0 aliphatic carbocycles. The van der Waals surface area contributed by atoms with Crippen LogP contribution in [0.15, 0.2) is 6.07 Å². The Balaban J connectivity index is 0.00000289. The molecule has 2 radical (unpaired) electrons. The molecule has 0 fully saturated rings. The zero-order valence-electron chi connectivity index (χ0n) is 8.18. The second kappa shape index (κ2) is 5.52. The predicted octanol–water partition coefficient (Wildman–Crippen LogP) is -0.822. The van der Waals surface area contributed by atoms with Gasteiger partial charge in [-0.25, -0.2) is 0 Å². The van der Waals surface area contributed by atoms with Crippen LogP contribution in [0, 0.1) is 30.3 Å². The summed E-state index contributed by atoms with van der Waals surface area (Å²) >= 11 is 0. The van der Waals surface area contributed by atoms with Crippen molar-refractivity contribution in [2.75, 3.05) is 0 Å². The van der Waals surface area contributed by atoms with Crippen molar-refractivity contribution in [3.05, 3.63) is 36.4 Å². The molecule has 0 saturated heterocycles. The third-order valence-electron chi connectivity index (χ3n) is 1.73. The summed E-state index contributed by atoms with van der Waals surface area (Å²) in [6, 6.07) is 0.0727. The van der Waals surface area contributed by atoms with Crippen LogP contribution in [0.4, 0.5) is 17.1 Å². The maximum Gasteiger partial charge on any atom is 2.00 e. The molecule has 0 saturated carbocycles. The fraction of sp³-hybridized carbons (Fsp3) is 0. The molecule has 0 bridgehead atoms. The Morgan fingerprint density at radius 2 is 1.00 bits per heavy atom. The first-order valence-corrected chi connectivity index (χ1v) is 3.75. The Kier molecular flexibility index (Phi) is 4.89. The molecule has 0 aromatic heterocycles. The number of rotatable bonds is 3. The van der Waals surface area contributed by atoms with Crippen LogP contribution in [0.25, 0.3) is 0 Å². The van der Waals surface area contributed by atoms with Crippen LogP contribution in [0.1, 0.15) is 0 Å². The van der Waals surface area contributed by atoms with E-state index >= 15 is 0 Å². The van der Waals surface area contributed by atoms with Gasteiger partial charge in [-0.2, -0.15) is 0 Å². The molecule has 1 rings (SSSR count). The van der Waals surface area contributed by atoms with E-state index in [1.54, 1.807) is 0 Å². The van der Waals surface area contributed by atoms with Gasteiger partial charge in [0.15, 0.2) is 0 Å². The standard InChI is InChI=1S/C6H3N3O8.Pb/c10-2-1-3(11)5(8(14)15)6(9(16)17)4(2)7(12)13;/h1,10-11H;/q;+2/p-2. The van der Waals surface area contributed by atoms with E-state index in [1.807, 2.05) is 0 Å². The molecule has 0 amide bonds. The maximum absolute atomic E-state index is 11.0. The molecule has 12 heteroatoms. The van der Waals surface area contributed by atoms with Crippen molar-refractivity contribution in [3.63, 3.8) is 0 Å². The van der Waals surface area contributed by atoms with Crippen molar-refractivity contribution in [3.8, 4) is 11.5 Å². The summed E-state index contributed by atoms with van der Waals surface area (Å²) in [6.45, 7) is 0. The van der Waals surface area contributed by atoms with Gasteiger partial charge in [0.2, 0.25) is 0 Å². The Labute approximate surface area is 117 Å². The van der Waals surface area contributed by atoms with Crippen molar-refractivity contribution >= 4 is 44.4 Å². The SMILES string of the molecule is O=[N+]([O-])c1c([O-])cc([O-])c([N+](=O)[O-])c1[N+](=O)[O-].[Pb+2]. The van der Waals surface area contributed by atoms with Gasteiger partial charge in [0, 0.05) is 0 Å². The number of hydrogen-bond acceptors (Lipinski definition) is 8. The van der Waals surface area contributed by atoms with Crippen molar-refractivity contribution in [2.45, 2.75) is 0 Å². The first-order valence-electron chi connectivity index (χ1n) is 3.75. The van der Waals surface area contributed by atoms with Gasteiger partial charge in [0.05, 0.1) is 14.8 Å². The van der Waals surface area contributed by atoms with Gasteiger partial charge in [-0.3, -0.25) is 30.3 Å². The number of nitrogens with zero attached hydrogens (tertiary/aromatic N) is 3. The summed E-state index contributed by atoms with van der Waals surface area (Å²) in [5.74, 6) is -3.09. The van der Waals surface area contributed by atoms with Crippen LogP contribution in [0.3, 0.4) is 0 Å². The van der Waals surface area contributed by atoms with Crippen molar-refractivity contribution in [2.24, 2.45) is 0 Å². The molecular weight excluding hydrogens is 449 g/mol. The molecule has 1 aromatic rings. The molecule has 0 N–H and O–H groups in total. The minimum absolute atomic E-state index is 0. The van der Waals surface area contributed by atoms with Gasteiger partial charge in [-0.05, 0) is 11.5 Å². The minimum atomic E-state index is -1.70. The van der Waals surface area contributed by atoms with Gasteiger partial charge in [-0.15, -0.1) is 0 Å². The quantitative estimate of drug-likeness (QED) is 0.326. The summed E-state index contributed by atoms with van der Waals surface area (Å²) in [6.07, 6.45) is 0. The van der Waals surface area contributed by atoms with Crippen LogP contribution >= 0.6 is 0 Å². The zero-order chi connectivity index (χ0) is 13.3. The van der Waals surface area contributed by atoms with E-state index in [4.69, 9.17) is 0 Å². The summed E-state index contributed by atoms with van der Waals surface area (Å²) < 4.78 is 0. The number of hydrogen-bond donors (Lipinski definition) is 0. The molecule has 1 aromatic carbocycles. The topological polar surface area (TPSA) is 176 Å². The van der Waals surface area contributed by atoms with Gasteiger partial charge in [0.25, 0.3) is 0 Å². The molecular formula is C6HN3O8Pb. The first kappa shape index (κ1) is 15.9. The van der Waals surface area contributed by atoms with E-state index < -0.39 is 43.3 Å². The average molecular weight is 450 g/mol. The number of nitro benzene ring substituents is 3. The Hall–Kier alpha value is -2.06. The summed E-state index contributed by atoms with van der Waals surface area (Å²) in [5, 5.41) is 53.3. The maximum atomic E-state index is 11.0. The van der Waals surface area contributed by atoms with Crippen molar-refractivity contribution in [1.82, 2.24) is 0 Å². The Morgan fingerprint density at radius 3 is 1.22 bits per heavy atom. The molecule has 18 heavy (non-hydrogen) atoms. The van der Waals surface area contributed by atoms with Crippen LogP contribution in [0.2, 0.25) is 0 Å². The predicted molar refractivity (Wildman–Crippen MR) is 51.1 cm³/mol. The van der Waals surface area contributed by atoms with Gasteiger partial charge in [0.1, 0.15) is 0 Å². The van der Waals surface area contributed by atoms with Crippen LogP contribution in [0.5, 0.6) is 11.5 Å². The Bertz CT molecular complexity index is 506. The van der Waals surface area contributed by atoms with Crippen molar-refractivity contribution < 1.29 is 25.0 Å². The van der Waals surface area contributed by atoms with E-state index in [-0.39, 0.29) is 33.4 Å².